The third kappa shape index (κ3) is 2.36. The number of hydrogen-bond donors (Lipinski definition) is 0. The van der Waals surface area contributed by atoms with Crippen molar-refractivity contribution in [1.29, 1.82) is 0 Å². The summed E-state index contributed by atoms with van der Waals surface area (Å²) < 4.78 is 5.02. The maximum Gasteiger partial charge on any atom is 0.307 e. The smallest absolute Gasteiger partial charge is 0.307 e. The molecule has 12 heavy (non-hydrogen) atoms. The first-order valence-electron chi connectivity index (χ1n) is 4.46. The monoisotopic (exact) mass is 168 g/mol. The van der Waals surface area contributed by atoms with Gasteiger partial charge in [0.1, 0.15) is 5.76 Å². The van der Waals surface area contributed by atoms with Gasteiger partial charge in [-0.3, -0.25) is 4.79 Å². The standard InChI is InChI=1S/C10H16O2/c1-7-4-5-10(6-7)8(2)12-9(3)11/h7H,4-6H2,1-3H3. The lowest BCUT2D eigenvalue weighted by Gasteiger charge is -2.04. The van der Waals surface area contributed by atoms with E-state index in [2.05, 4.69) is 6.92 Å². The normalized spacial score (nSPS) is 27.1. The van der Waals surface area contributed by atoms with Crippen molar-refractivity contribution in [2.45, 2.75) is 40.0 Å². The van der Waals surface area contributed by atoms with Gasteiger partial charge in [0.2, 0.25) is 0 Å². The van der Waals surface area contributed by atoms with E-state index in [1.165, 1.54) is 18.9 Å². The molecule has 1 fully saturated rings. The van der Waals surface area contributed by atoms with Crippen LogP contribution >= 0.6 is 0 Å². The Bertz CT molecular complexity index is 216. The van der Waals surface area contributed by atoms with Crippen molar-refractivity contribution < 1.29 is 9.53 Å². The van der Waals surface area contributed by atoms with Gasteiger partial charge in [-0.05, 0) is 37.7 Å². The number of carbonyl (C=O) groups is 1. The molecule has 1 unspecified atom stereocenters. The van der Waals surface area contributed by atoms with Crippen molar-refractivity contribution >= 4 is 5.97 Å². The lowest BCUT2D eigenvalue weighted by molar-refractivity contribution is -0.136. The van der Waals surface area contributed by atoms with Gasteiger partial charge < -0.3 is 4.74 Å². The van der Waals surface area contributed by atoms with E-state index < -0.39 is 0 Å². The summed E-state index contributed by atoms with van der Waals surface area (Å²) >= 11 is 0. The van der Waals surface area contributed by atoms with Crippen molar-refractivity contribution in [3.63, 3.8) is 0 Å². The molecule has 1 aliphatic carbocycles. The summed E-state index contributed by atoms with van der Waals surface area (Å²) in [5.41, 5.74) is 1.32. The third-order valence-electron chi connectivity index (χ3n) is 2.33. The summed E-state index contributed by atoms with van der Waals surface area (Å²) in [4.78, 5) is 10.6. The Labute approximate surface area is 73.6 Å². The first-order chi connectivity index (χ1) is 5.59. The van der Waals surface area contributed by atoms with E-state index in [9.17, 15) is 4.79 Å². The van der Waals surface area contributed by atoms with Gasteiger partial charge in [-0.2, -0.15) is 0 Å². The van der Waals surface area contributed by atoms with Crippen LogP contribution in [0.15, 0.2) is 11.3 Å². The number of rotatable bonds is 1. The van der Waals surface area contributed by atoms with Gasteiger partial charge in [0, 0.05) is 6.92 Å². The Balaban J connectivity index is 2.58. The van der Waals surface area contributed by atoms with Crippen LogP contribution < -0.4 is 0 Å². The summed E-state index contributed by atoms with van der Waals surface area (Å²) in [5, 5.41) is 0. The molecule has 0 bridgehead atoms. The zero-order chi connectivity index (χ0) is 9.14. The van der Waals surface area contributed by atoms with Gasteiger partial charge in [0.25, 0.3) is 0 Å². The first kappa shape index (κ1) is 9.30. The Morgan fingerprint density at radius 1 is 1.50 bits per heavy atom. The molecule has 0 amide bonds. The van der Waals surface area contributed by atoms with E-state index in [-0.39, 0.29) is 5.97 Å². The summed E-state index contributed by atoms with van der Waals surface area (Å²) in [6, 6.07) is 0. The fourth-order valence-corrected chi connectivity index (χ4v) is 1.65. The molecule has 0 radical (unpaired) electrons. The average molecular weight is 168 g/mol. The third-order valence-corrected chi connectivity index (χ3v) is 2.33. The van der Waals surface area contributed by atoms with Crippen molar-refractivity contribution in [3.8, 4) is 0 Å². The predicted octanol–water partition coefficient (Wildman–Crippen LogP) is 2.64. The Hall–Kier alpha value is -0.790. The number of hydrogen-bond acceptors (Lipinski definition) is 2. The summed E-state index contributed by atoms with van der Waals surface area (Å²) in [6.07, 6.45) is 3.42. The van der Waals surface area contributed by atoms with E-state index in [1.807, 2.05) is 6.92 Å². The largest absolute Gasteiger partial charge is 0.432 e. The maximum atomic E-state index is 10.6. The Morgan fingerprint density at radius 3 is 2.58 bits per heavy atom. The Morgan fingerprint density at radius 2 is 2.17 bits per heavy atom. The van der Waals surface area contributed by atoms with Crippen LogP contribution in [0, 0.1) is 5.92 Å². The first-order valence-corrected chi connectivity index (χ1v) is 4.46. The molecule has 0 aromatic rings. The highest BCUT2D eigenvalue weighted by Crippen LogP contribution is 2.31. The fraction of sp³-hybridized carbons (Fsp3) is 0.700. The zero-order valence-corrected chi connectivity index (χ0v) is 8.02. The minimum atomic E-state index is -0.209. The van der Waals surface area contributed by atoms with E-state index in [4.69, 9.17) is 4.74 Å². The van der Waals surface area contributed by atoms with Gasteiger partial charge in [-0.1, -0.05) is 6.92 Å². The molecule has 0 aromatic heterocycles. The van der Waals surface area contributed by atoms with Crippen LogP contribution in [0.2, 0.25) is 0 Å². The second kappa shape index (κ2) is 3.74. The maximum absolute atomic E-state index is 10.6. The summed E-state index contributed by atoms with van der Waals surface area (Å²) in [7, 11) is 0. The molecule has 1 aliphatic rings. The molecule has 1 rings (SSSR count). The highest BCUT2D eigenvalue weighted by atomic mass is 16.5. The second-order valence-electron chi connectivity index (χ2n) is 3.60. The van der Waals surface area contributed by atoms with Gasteiger partial charge in [0.05, 0.1) is 0 Å². The lowest BCUT2D eigenvalue weighted by Crippen LogP contribution is -1.98. The van der Waals surface area contributed by atoms with Gasteiger partial charge in [0.15, 0.2) is 0 Å². The Kier molecular flexibility index (Phi) is 2.90. The number of carbonyl (C=O) groups excluding carboxylic acids is 1. The minimum absolute atomic E-state index is 0.209. The molecule has 0 N–H and O–H groups in total. The topological polar surface area (TPSA) is 26.3 Å². The van der Waals surface area contributed by atoms with E-state index >= 15 is 0 Å². The van der Waals surface area contributed by atoms with Crippen LogP contribution in [0.1, 0.15) is 40.0 Å². The highest BCUT2D eigenvalue weighted by molar-refractivity contribution is 5.67. The molecule has 1 atom stereocenters. The zero-order valence-electron chi connectivity index (χ0n) is 8.02. The quantitative estimate of drug-likeness (QED) is 0.444. The molecule has 0 spiro atoms. The predicted molar refractivity (Wildman–Crippen MR) is 47.5 cm³/mol. The van der Waals surface area contributed by atoms with Crippen LogP contribution in [-0.2, 0) is 9.53 Å². The molecule has 1 saturated carbocycles. The van der Waals surface area contributed by atoms with Crippen molar-refractivity contribution in [2.75, 3.05) is 0 Å². The van der Waals surface area contributed by atoms with Crippen LogP contribution in [0.4, 0.5) is 0 Å². The van der Waals surface area contributed by atoms with Gasteiger partial charge >= 0.3 is 5.97 Å². The SMILES string of the molecule is CC(=O)OC(C)=C1CCC(C)C1. The van der Waals surface area contributed by atoms with Crippen LogP contribution in [0.5, 0.6) is 0 Å². The minimum Gasteiger partial charge on any atom is -0.432 e. The van der Waals surface area contributed by atoms with Gasteiger partial charge in [-0.15, -0.1) is 0 Å². The van der Waals surface area contributed by atoms with Gasteiger partial charge in [-0.25, -0.2) is 0 Å². The molecule has 68 valence electrons. The molecular formula is C10H16O2. The number of esters is 1. The fourth-order valence-electron chi connectivity index (χ4n) is 1.65. The summed E-state index contributed by atoms with van der Waals surface area (Å²) in [5.74, 6) is 1.37. The molecule has 0 aliphatic heterocycles. The van der Waals surface area contributed by atoms with Crippen LogP contribution in [0.3, 0.4) is 0 Å². The molecule has 0 saturated heterocycles. The van der Waals surface area contributed by atoms with Crippen LogP contribution in [-0.4, -0.2) is 5.97 Å². The van der Waals surface area contributed by atoms with E-state index in [1.54, 1.807) is 0 Å². The second-order valence-corrected chi connectivity index (χ2v) is 3.60. The van der Waals surface area contributed by atoms with Crippen molar-refractivity contribution in [2.24, 2.45) is 5.92 Å². The van der Waals surface area contributed by atoms with Crippen LogP contribution in [0.25, 0.3) is 0 Å². The van der Waals surface area contributed by atoms with Crippen molar-refractivity contribution in [1.82, 2.24) is 0 Å². The van der Waals surface area contributed by atoms with Crippen molar-refractivity contribution in [3.05, 3.63) is 11.3 Å². The van der Waals surface area contributed by atoms with E-state index in [0.717, 1.165) is 24.5 Å². The highest BCUT2D eigenvalue weighted by Gasteiger charge is 2.18. The number of ether oxygens (including phenoxy) is 1. The lowest BCUT2D eigenvalue weighted by atomic mass is 10.1. The summed E-state index contributed by atoms with van der Waals surface area (Å²) in [6.45, 7) is 5.56. The van der Waals surface area contributed by atoms with E-state index in [0.29, 0.717) is 0 Å². The molecule has 2 heteroatoms. The number of allylic oxidation sites excluding steroid dienone is 2. The molecular weight excluding hydrogens is 152 g/mol. The average Bonchev–Trinajstić information content (AvgIpc) is 2.34. The molecule has 2 nitrogen and oxygen atoms in total. The molecule has 0 heterocycles. The molecule has 0 aromatic carbocycles.